The fraction of sp³-hybridized carbons (Fsp3) is 0.100. The fourth-order valence-corrected chi connectivity index (χ4v) is 2.62. The molecule has 2 aromatic carbocycles. The lowest BCUT2D eigenvalue weighted by atomic mass is 10.1. The summed E-state index contributed by atoms with van der Waals surface area (Å²) in [6.07, 6.45) is 0.259. The monoisotopic (exact) mass is 387 g/mol. The van der Waals surface area contributed by atoms with E-state index in [1.54, 1.807) is 6.07 Å². The lowest BCUT2D eigenvalue weighted by Gasteiger charge is -2.14. The van der Waals surface area contributed by atoms with E-state index in [-0.39, 0.29) is 16.5 Å². The molecule has 0 spiro atoms. The Morgan fingerprint density at radius 3 is 2.59 bits per heavy atom. The van der Waals surface area contributed by atoms with Gasteiger partial charge in [-0.25, -0.2) is 9.18 Å². The number of ether oxygens (including phenoxy) is 1. The SMILES string of the molecule is CC(OC(=O)c1occc1-c1ccccc1)C(=O)Nc1ccc(F)cc1Cl. The number of anilines is 1. The number of hydrogen-bond acceptors (Lipinski definition) is 4. The minimum atomic E-state index is -1.12. The molecule has 1 N–H and O–H groups in total. The van der Waals surface area contributed by atoms with Gasteiger partial charge in [-0.3, -0.25) is 4.79 Å². The summed E-state index contributed by atoms with van der Waals surface area (Å²) in [7, 11) is 0. The Labute approximate surface area is 159 Å². The van der Waals surface area contributed by atoms with E-state index in [9.17, 15) is 14.0 Å². The Balaban J connectivity index is 1.69. The zero-order valence-electron chi connectivity index (χ0n) is 14.2. The predicted molar refractivity (Wildman–Crippen MR) is 99.1 cm³/mol. The van der Waals surface area contributed by atoms with Gasteiger partial charge in [-0.15, -0.1) is 0 Å². The molecule has 1 heterocycles. The van der Waals surface area contributed by atoms with Crippen molar-refractivity contribution in [1.29, 1.82) is 0 Å². The molecule has 0 aliphatic rings. The maximum atomic E-state index is 13.1. The van der Waals surface area contributed by atoms with Gasteiger partial charge < -0.3 is 14.5 Å². The van der Waals surface area contributed by atoms with Crippen LogP contribution in [-0.4, -0.2) is 18.0 Å². The molecule has 1 amide bonds. The van der Waals surface area contributed by atoms with Gasteiger partial charge >= 0.3 is 5.97 Å². The third-order valence-corrected chi connectivity index (χ3v) is 4.09. The van der Waals surface area contributed by atoms with Gasteiger partial charge in [-0.1, -0.05) is 41.9 Å². The van der Waals surface area contributed by atoms with Crippen LogP contribution < -0.4 is 5.32 Å². The van der Waals surface area contributed by atoms with Crippen LogP contribution in [0.3, 0.4) is 0 Å². The number of benzene rings is 2. The van der Waals surface area contributed by atoms with Crippen molar-refractivity contribution in [2.75, 3.05) is 5.32 Å². The summed E-state index contributed by atoms with van der Waals surface area (Å²) >= 11 is 5.88. The molecule has 3 rings (SSSR count). The summed E-state index contributed by atoms with van der Waals surface area (Å²) in [6, 6.07) is 14.4. The van der Waals surface area contributed by atoms with Crippen LogP contribution in [-0.2, 0) is 9.53 Å². The molecule has 0 aliphatic carbocycles. The highest BCUT2D eigenvalue weighted by Gasteiger charge is 2.24. The van der Waals surface area contributed by atoms with Gasteiger partial charge in [-0.2, -0.15) is 0 Å². The third kappa shape index (κ3) is 4.35. The van der Waals surface area contributed by atoms with Crippen molar-refractivity contribution in [1.82, 2.24) is 0 Å². The van der Waals surface area contributed by atoms with Crippen molar-refractivity contribution in [3.05, 3.63) is 77.5 Å². The summed E-state index contributed by atoms with van der Waals surface area (Å²) < 4.78 is 23.5. The van der Waals surface area contributed by atoms with Crippen LogP contribution in [0, 0.1) is 5.82 Å². The number of halogens is 2. The van der Waals surface area contributed by atoms with Crippen molar-refractivity contribution < 1.29 is 23.1 Å². The average molecular weight is 388 g/mol. The van der Waals surface area contributed by atoms with E-state index < -0.39 is 23.8 Å². The van der Waals surface area contributed by atoms with Gasteiger partial charge in [0.05, 0.1) is 17.0 Å². The number of nitrogens with one attached hydrogen (secondary N) is 1. The highest BCUT2D eigenvalue weighted by atomic mass is 35.5. The Bertz CT molecular complexity index is 971. The average Bonchev–Trinajstić information content (AvgIpc) is 3.14. The van der Waals surface area contributed by atoms with Crippen molar-refractivity contribution in [3.8, 4) is 11.1 Å². The van der Waals surface area contributed by atoms with Gasteiger partial charge in [0.25, 0.3) is 5.91 Å². The van der Waals surface area contributed by atoms with Crippen LogP contribution >= 0.6 is 11.6 Å². The van der Waals surface area contributed by atoms with Crippen LogP contribution in [0.25, 0.3) is 11.1 Å². The van der Waals surface area contributed by atoms with Crippen LogP contribution in [0.2, 0.25) is 5.02 Å². The molecule has 0 aliphatic heterocycles. The second-order valence-electron chi connectivity index (χ2n) is 5.69. The first-order valence-electron chi connectivity index (χ1n) is 8.05. The molecule has 0 fully saturated rings. The molecular weight excluding hydrogens is 373 g/mol. The van der Waals surface area contributed by atoms with E-state index in [0.29, 0.717) is 5.56 Å². The molecule has 138 valence electrons. The lowest BCUT2D eigenvalue weighted by molar-refractivity contribution is -0.123. The van der Waals surface area contributed by atoms with Crippen LogP contribution in [0.15, 0.2) is 65.3 Å². The van der Waals surface area contributed by atoms with Gasteiger partial charge in [0.15, 0.2) is 6.10 Å². The first-order valence-corrected chi connectivity index (χ1v) is 8.43. The molecule has 1 atom stereocenters. The zero-order chi connectivity index (χ0) is 19.4. The number of hydrogen-bond donors (Lipinski definition) is 1. The van der Waals surface area contributed by atoms with E-state index in [2.05, 4.69) is 5.32 Å². The fourth-order valence-electron chi connectivity index (χ4n) is 2.41. The molecule has 3 aromatic rings. The Kier molecular flexibility index (Phi) is 5.57. The maximum Gasteiger partial charge on any atom is 0.375 e. The third-order valence-electron chi connectivity index (χ3n) is 3.78. The molecule has 0 radical (unpaired) electrons. The first kappa shape index (κ1) is 18.7. The molecule has 5 nitrogen and oxygen atoms in total. The quantitative estimate of drug-likeness (QED) is 0.631. The molecule has 0 bridgehead atoms. The van der Waals surface area contributed by atoms with Gasteiger partial charge in [0.2, 0.25) is 5.76 Å². The summed E-state index contributed by atoms with van der Waals surface area (Å²) in [6.45, 7) is 1.41. The highest BCUT2D eigenvalue weighted by molar-refractivity contribution is 6.33. The van der Waals surface area contributed by atoms with E-state index in [1.807, 2.05) is 30.3 Å². The van der Waals surface area contributed by atoms with Gasteiger partial charge in [-0.05, 0) is 36.8 Å². The summed E-state index contributed by atoms with van der Waals surface area (Å²) in [4.78, 5) is 24.6. The largest absolute Gasteiger partial charge is 0.457 e. The zero-order valence-corrected chi connectivity index (χ0v) is 15.0. The van der Waals surface area contributed by atoms with Crippen molar-refractivity contribution in [3.63, 3.8) is 0 Å². The molecule has 0 saturated carbocycles. The van der Waals surface area contributed by atoms with Gasteiger partial charge in [0.1, 0.15) is 5.82 Å². The van der Waals surface area contributed by atoms with Crippen LogP contribution in [0.1, 0.15) is 17.5 Å². The number of carbonyl (C=O) groups excluding carboxylic acids is 2. The standard InChI is InChI=1S/C20H15ClFNO4/c1-12(19(24)23-17-8-7-14(22)11-16(17)21)27-20(25)18-15(9-10-26-18)13-5-3-2-4-6-13/h2-12H,1H3,(H,23,24). The number of furan rings is 1. The Morgan fingerprint density at radius 1 is 1.15 bits per heavy atom. The van der Waals surface area contributed by atoms with E-state index in [4.69, 9.17) is 20.8 Å². The van der Waals surface area contributed by atoms with E-state index in [1.165, 1.54) is 19.3 Å². The topological polar surface area (TPSA) is 68.5 Å². The van der Waals surface area contributed by atoms with Crippen LogP contribution in [0.4, 0.5) is 10.1 Å². The summed E-state index contributed by atoms with van der Waals surface area (Å²) in [5.41, 5.74) is 1.57. The number of esters is 1. The van der Waals surface area contributed by atoms with Crippen molar-refractivity contribution in [2.24, 2.45) is 0 Å². The predicted octanol–water partition coefficient (Wildman–Crippen LogP) is 4.92. The summed E-state index contributed by atoms with van der Waals surface area (Å²) in [5.74, 6) is -1.90. The first-order chi connectivity index (χ1) is 13.0. The lowest BCUT2D eigenvalue weighted by Crippen LogP contribution is -2.30. The molecule has 1 aromatic heterocycles. The van der Waals surface area contributed by atoms with Gasteiger partial charge in [0, 0.05) is 5.56 Å². The molecule has 1 unspecified atom stereocenters. The summed E-state index contributed by atoms with van der Waals surface area (Å²) in [5, 5.41) is 2.53. The minimum Gasteiger partial charge on any atom is -0.457 e. The van der Waals surface area contributed by atoms with Crippen LogP contribution in [0.5, 0.6) is 0 Å². The second-order valence-corrected chi connectivity index (χ2v) is 6.10. The molecular formula is C20H15ClFNO4. The Hall–Kier alpha value is -3.12. The maximum absolute atomic E-state index is 13.1. The molecule has 7 heteroatoms. The minimum absolute atomic E-state index is 0.000615. The number of amides is 1. The van der Waals surface area contributed by atoms with Crippen molar-refractivity contribution in [2.45, 2.75) is 13.0 Å². The number of carbonyl (C=O) groups is 2. The van der Waals surface area contributed by atoms with Crippen molar-refractivity contribution >= 4 is 29.2 Å². The Morgan fingerprint density at radius 2 is 1.89 bits per heavy atom. The highest BCUT2D eigenvalue weighted by Crippen LogP contribution is 2.26. The smallest absolute Gasteiger partial charge is 0.375 e. The molecule has 0 saturated heterocycles. The molecule has 27 heavy (non-hydrogen) atoms. The number of rotatable bonds is 5. The normalized spacial score (nSPS) is 11.7. The van der Waals surface area contributed by atoms with E-state index >= 15 is 0 Å². The van der Waals surface area contributed by atoms with E-state index in [0.717, 1.165) is 17.7 Å². The second kappa shape index (κ2) is 8.05.